The number of aryl methyl sites for hydroxylation is 1. The van der Waals surface area contributed by atoms with Crippen LogP contribution in [0.25, 0.3) is 0 Å². The van der Waals surface area contributed by atoms with Crippen LogP contribution in [0.1, 0.15) is 11.1 Å². The second kappa shape index (κ2) is 6.37. The van der Waals surface area contributed by atoms with E-state index in [2.05, 4.69) is 10.3 Å². The molecule has 108 valence electrons. The summed E-state index contributed by atoms with van der Waals surface area (Å²) in [4.78, 5) is 4.12. The van der Waals surface area contributed by atoms with Gasteiger partial charge in [-0.15, -0.1) is 0 Å². The number of sulfone groups is 1. The average Bonchev–Trinajstić information content (AvgIpc) is 2.46. The molecule has 2 rings (SSSR count). The summed E-state index contributed by atoms with van der Waals surface area (Å²) in [5.41, 5.74) is 2.34. The van der Waals surface area contributed by atoms with Crippen LogP contribution in [-0.2, 0) is 16.3 Å². The highest BCUT2D eigenvalue weighted by Crippen LogP contribution is 2.16. The number of rotatable bonds is 5. The normalized spacial score (nSPS) is 10.9. The minimum atomic E-state index is -2.94. The topological polar surface area (TPSA) is 82.9 Å². The predicted octanol–water partition coefficient (Wildman–Crippen LogP) is 2.28. The molecule has 1 aromatic carbocycles. The first-order chi connectivity index (χ1) is 9.96. The highest BCUT2D eigenvalue weighted by Gasteiger charge is 2.03. The summed E-state index contributed by atoms with van der Waals surface area (Å²) in [6.45, 7) is 0. The lowest BCUT2D eigenvalue weighted by atomic mass is 10.1. The van der Waals surface area contributed by atoms with Gasteiger partial charge in [0.2, 0.25) is 0 Å². The molecule has 0 unspecified atom stereocenters. The zero-order valence-corrected chi connectivity index (χ0v) is 12.4. The van der Waals surface area contributed by atoms with E-state index in [0.717, 1.165) is 11.3 Å². The number of benzene rings is 1. The quantitative estimate of drug-likeness (QED) is 0.916. The molecule has 0 bridgehead atoms. The van der Waals surface area contributed by atoms with Crippen molar-refractivity contribution in [3.05, 3.63) is 53.7 Å². The van der Waals surface area contributed by atoms with Crippen LogP contribution in [0.3, 0.4) is 0 Å². The predicted molar refractivity (Wildman–Crippen MR) is 82.1 cm³/mol. The van der Waals surface area contributed by atoms with Gasteiger partial charge in [-0.1, -0.05) is 12.1 Å². The van der Waals surface area contributed by atoms with E-state index in [1.165, 1.54) is 12.5 Å². The summed E-state index contributed by atoms with van der Waals surface area (Å²) in [5, 5.41) is 11.8. The zero-order valence-electron chi connectivity index (χ0n) is 11.6. The van der Waals surface area contributed by atoms with Gasteiger partial charge in [-0.25, -0.2) is 13.4 Å². The van der Waals surface area contributed by atoms with Gasteiger partial charge >= 0.3 is 0 Å². The van der Waals surface area contributed by atoms with Gasteiger partial charge in [0.15, 0.2) is 0 Å². The maximum Gasteiger partial charge on any atom is 0.147 e. The van der Waals surface area contributed by atoms with Crippen LogP contribution in [0.4, 0.5) is 11.5 Å². The molecule has 0 spiro atoms. The monoisotopic (exact) mass is 301 g/mol. The van der Waals surface area contributed by atoms with Gasteiger partial charge in [0.25, 0.3) is 0 Å². The van der Waals surface area contributed by atoms with E-state index in [-0.39, 0.29) is 5.75 Å². The van der Waals surface area contributed by atoms with Crippen molar-refractivity contribution >= 4 is 21.3 Å². The minimum absolute atomic E-state index is 0.150. The smallest absolute Gasteiger partial charge is 0.147 e. The lowest BCUT2D eigenvalue weighted by Crippen LogP contribution is -2.05. The first kappa shape index (κ1) is 15.0. The molecule has 1 N–H and O–H groups in total. The molecule has 0 aliphatic carbocycles. The molecule has 0 saturated heterocycles. The van der Waals surface area contributed by atoms with Crippen molar-refractivity contribution in [2.24, 2.45) is 0 Å². The van der Waals surface area contributed by atoms with Crippen LogP contribution in [0.2, 0.25) is 0 Å². The molecule has 1 aromatic heterocycles. The summed E-state index contributed by atoms with van der Waals surface area (Å²) in [7, 11) is -2.94. The summed E-state index contributed by atoms with van der Waals surface area (Å²) >= 11 is 0. The SMILES string of the molecule is CS(=O)(=O)CCc1ccc(Nc2ccc(C#N)cn2)cc1. The highest BCUT2D eigenvalue weighted by atomic mass is 32.2. The molecule has 0 aliphatic heterocycles. The zero-order chi connectivity index (χ0) is 15.3. The van der Waals surface area contributed by atoms with Crippen molar-refractivity contribution in [2.45, 2.75) is 6.42 Å². The van der Waals surface area contributed by atoms with Gasteiger partial charge in [0, 0.05) is 18.1 Å². The number of nitriles is 1. The van der Waals surface area contributed by atoms with Crippen LogP contribution in [-0.4, -0.2) is 25.4 Å². The van der Waals surface area contributed by atoms with Crippen LogP contribution >= 0.6 is 0 Å². The molecule has 0 fully saturated rings. The van der Waals surface area contributed by atoms with Crippen molar-refractivity contribution in [1.29, 1.82) is 5.26 Å². The second-order valence-corrected chi connectivity index (χ2v) is 7.01. The molecule has 0 aliphatic rings. The third kappa shape index (κ3) is 4.89. The Morgan fingerprint density at radius 1 is 1.19 bits per heavy atom. The molecule has 0 radical (unpaired) electrons. The molecule has 1 heterocycles. The van der Waals surface area contributed by atoms with Crippen LogP contribution in [0, 0.1) is 11.3 Å². The standard InChI is InChI=1S/C15H15N3O2S/c1-21(19,20)9-8-12-2-5-14(6-3-12)18-15-7-4-13(10-16)11-17-15/h2-7,11H,8-9H2,1H3,(H,17,18). The Labute approximate surface area is 124 Å². The first-order valence-corrected chi connectivity index (χ1v) is 8.42. The van der Waals surface area contributed by atoms with E-state index in [9.17, 15) is 8.42 Å². The van der Waals surface area contributed by atoms with Gasteiger partial charge < -0.3 is 5.32 Å². The van der Waals surface area contributed by atoms with Gasteiger partial charge in [-0.2, -0.15) is 5.26 Å². The summed E-state index contributed by atoms with van der Waals surface area (Å²) in [6.07, 6.45) is 3.25. The number of hydrogen-bond donors (Lipinski definition) is 1. The molecule has 0 amide bonds. The number of pyridine rings is 1. The molecular formula is C15H15N3O2S. The Kier molecular flexibility index (Phi) is 4.55. The van der Waals surface area contributed by atoms with Crippen molar-refractivity contribution < 1.29 is 8.42 Å². The molecule has 21 heavy (non-hydrogen) atoms. The highest BCUT2D eigenvalue weighted by molar-refractivity contribution is 7.90. The minimum Gasteiger partial charge on any atom is -0.340 e. The Balaban J connectivity index is 2.00. The molecule has 2 aromatic rings. The lowest BCUT2D eigenvalue weighted by Gasteiger charge is -2.06. The van der Waals surface area contributed by atoms with Gasteiger partial charge in [0.05, 0.1) is 11.3 Å². The van der Waals surface area contributed by atoms with Crippen LogP contribution in [0.15, 0.2) is 42.6 Å². The molecule has 0 atom stereocenters. The van der Waals surface area contributed by atoms with E-state index < -0.39 is 9.84 Å². The number of aromatic nitrogens is 1. The van der Waals surface area contributed by atoms with Gasteiger partial charge in [-0.05, 0) is 36.2 Å². The average molecular weight is 301 g/mol. The Morgan fingerprint density at radius 2 is 1.90 bits per heavy atom. The van der Waals surface area contributed by atoms with Crippen molar-refractivity contribution in [3.8, 4) is 6.07 Å². The van der Waals surface area contributed by atoms with E-state index in [4.69, 9.17) is 5.26 Å². The van der Waals surface area contributed by atoms with Gasteiger partial charge in [-0.3, -0.25) is 0 Å². The van der Waals surface area contributed by atoms with Crippen LogP contribution < -0.4 is 5.32 Å². The van der Waals surface area contributed by atoms with Crippen molar-refractivity contribution in [1.82, 2.24) is 4.98 Å². The van der Waals surface area contributed by atoms with E-state index >= 15 is 0 Å². The maximum atomic E-state index is 11.1. The number of hydrogen-bond acceptors (Lipinski definition) is 5. The summed E-state index contributed by atoms with van der Waals surface area (Å²) in [5.74, 6) is 0.801. The molecule has 0 saturated carbocycles. The Bertz CT molecular complexity index is 745. The third-order valence-electron chi connectivity index (χ3n) is 2.88. The molecule has 5 nitrogen and oxygen atoms in total. The fourth-order valence-electron chi connectivity index (χ4n) is 1.74. The number of anilines is 2. The van der Waals surface area contributed by atoms with Crippen molar-refractivity contribution in [2.75, 3.05) is 17.3 Å². The third-order valence-corrected chi connectivity index (χ3v) is 3.83. The summed E-state index contributed by atoms with van der Waals surface area (Å²) in [6, 6.07) is 13.0. The fourth-order valence-corrected chi connectivity index (χ4v) is 2.35. The lowest BCUT2D eigenvalue weighted by molar-refractivity contribution is 0.601. The molecular weight excluding hydrogens is 286 g/mol. The Morgan fingerprint density at radius 3 is 2.43 bits per heavy atom. The number of nitrogens with zero attached hydrogens (tertiary/aromatic N) is 2. The molecule has 6 heteroatoms. The maximum absolute atomic E-state index is 11.1. The van der Waals surface area contributed by atoms with Gasteiger partial charge in [0.1, 0.15) is 21.7 Å². The van der Waals surface area contributed by atoms with E-state index in [0.29, 0.717) is 17.8 Å². The van der Waals surface area contributed by atoms with Crippen molar-refractivity contribution in [3.63, 3.8) is 0 Å². The Hall–Kier alpha value is -2.39. The first-order valence-electron chi connectivity index (χ1n) is 6.36. The fraction of sp³-hybridized carbons (Fsp3) is 0.200. The number of nitrogens with one attached hydrogen (secondary N) is 1. The van der Waals surface area contributed by atoms with E-state index in [1.807, 2.05) is 30.3 Å². The van der Waals surface area contributed by atoms with E-state index in [1.54, 1.807) is 12.1 Å². The second-order valence-electron chi connectivity index (χ2n) is 4.75. The summed E-state index contributed by atoms with van der Waals surface area (Å²) < 4.78 is 22.2. The van der Waals surface area contributed by atoms with Crippen LogP contribution in [0.5, 0.6) is 0 Å². The largest absolute Gasteiger partial charge is 0.340 e.